The summed E-state index contributed by atoms with van der Waals surface area (Å²) >= 11 is 0. The number of hydrogen-bond acceptors (Lipinski definition) is 3. The van der Waals surface area contributed by atoms with Gasteiger partial charge in [-0.05, 0) is 6.42 Å². The van der Waals surface area contributed by atoms with Gasteiger partial charge in [-0.25, -0.2) is 0 Å². The van der Waals surface area contributed by atoms with Crippen LogP contribution in [0.15, 0.2) is 12.2 Å². The van der Waals surface area contributed by atoms with E-state index in [1.165, 1.54) is 19.3 Å². The molecular weight excluding hydrogens is 228 g/mol. The molecule has 2 aliphatic heterocycles. The number of unbranched alkanes of at least 4 members (excludes halogenated alkanes) is 2. The minimum atomic E-state index is -0.938. The maximum atomic E-state index is 6.00. The average molecular weight is 254 g/mol. The lowest BCUT2D eigenvalue weighted by Crippen LogP contribution is -2.48. The molecule has 2 rings (SSSR count). The Bertz CT molecular complexity index is 299. The van der Waals surface area contributed by atoms with Crippen molar-refractivity contribution in [3.05, 3.63) is 12.2 Å². The highest BCUT2D eigenvalue weighted by molar-refractivity contribution is 5.12. The summed E-state index contributed by atoms with van der Waals surface area (Å²) in [6.45, 7) is 11.9. The summed E-state index contributed by atoms with van der Waals surface area (Å²) in [5, 5.41) is 0. The maximum Gasteiger partial charge on any atom is 0.307 e. The van der Waals surface area contributed by atoms with Crippen LogP contribution in [-0.4, -0.2) is 25.3 Å². The second-order valence-corrected chi connectivity index (χ2v) is 6.34. The standard InChI is InChI=1S/C15H26O3/c1-5-6-7-8-13-9-12(2)15(18-13)16-10-14(3,4)11-17-15/h13H,2,5-11H2,1,3-4H3. The molecule has 104 valence electrons. The van der Waals surface area contributed by atoms with Gasteiger partial charge in [0.05, 0.1) is 19.3 Å². The van der Waals surface area contributed by atoms with Crippen molar-refractivity contribution < 1.29 is 14.2 Å². The molecule has 18 heavy (non-hydrogen) atoms. The van der Waals surface area contributed by atoms with Crippen LogP contribution in [0.25, 0.3) is 0 Å². The van der Waals surface area contributed by atoms with E-state index in [4.69, 9.17) is 14.2 Å². The molecule has 0 aromatic carbocycles. The monoisotopic (exact) mass is 254 g/mol. The topological polar surface area (TPSA) is 27.7 Å². The molecule has 0 amide bonds. The molecule has 2 heterocycles. The van der Waals surface area contributed by atoms with Gasteiger partial charge in [0.15, 0.2) is 0 Å². The van der Waals surface area contributed by atoms with Crippen molar-refractivity contribution in [1.82, 2.24) is 0 Å². The molecule has 1 unspecified atom stereocenters. The van der Waals surface area contributed by atoms with Crippen molar-refractivity contribution >= 4 is 0 Å². The summed E-state index contributed by atoms with van der Waals surface area (Å²) in [6, 6.07) is 0. The van der Waals surface area contributed by atoms with Crippen molar-refractivity contribution in [2.45, 2.75) is 65.0 Å². The SMILES string of the molecule is C=C1CC(CCCCC)OC12OCC(C)(C)CO2. The zero-order valence-corrected chi connectivity index (χ0v) is 12.0. The van der Waals surface area contributed by atoms with E-state index < -0.39 is 5.97 Å². The van der Waals surface area contributed by atoms with E-state index in [0.29, 0.717) is 13.2 Å². The summed E-state index contributed by atoms with van der Waals surface area (Å²) in [5.74, 6) is -0.938. The normalized spacial score (nSPS) is 29.9. The molecule has 2 aliphatic rings. The van der Waals surface area contributed by atoms with Gasteiger partial charge in [0.2, 0.25) is 0 Å². The number of hydrogen-bond donors (Lipinski definition) is 0. The van der Waals surface area contributed by atoms with E-state index in [1.54, 1.807) is 0 Å². The molecule has 0 aromatic heterocycles. The fourth-order valence-electron chi connectivity index (χ4n) is 2.46. The van der Waals surface area contributed by atoms with Crippen LogP contribution in [0, 0.1) is 5.41 Å². The predicted octanol–water partition coefficient (Wildman–Crippen LogP) is 3.64. The quantitative estimate of drug-likeness (QED) is 0.566. The highest BCUT2D eigenvalue weighted by Gasteiger charge is 2.50. The maximum absolute atomic E-state index is 6.00. The summed E-state index contributed by atoms with van der Waals surface area (Å²) in [6.07, 6.45) is 5.85. The van der Waals surface area contributed by atoms with Gasteiger partial charge in [-0.3, -0.25) is 0 Å². The minimum absolute atomic E-state index is 0.0647. The molecule has 0 N–H and O–H groups in total. The zero-order chi connectivity index (χ0) is 13.2. The molecular formula is C15H26O3. The third-order valence-corrected chi connectivity index (χ3v) is 3.66. The second kappa shape index (κ2) is 5.32. The Morgan fingerprint density at radius 3 is 2.50 bits per heavy atom. The van der Waals surface area contributed by atoms with E-state index in [1.807, 2.05) is 0 Å². The summed E-state index contributed by atoms with van der Waals surface area (Å²) in [7, 11) is 0. The molecule has 2 saturated heterocycles. The van der Waals surface area contributed by atoms with Gasteiger partial charge in [-0.1, -0.05) is 46.6 Å². The van der Waals surface area contributed by atoms with Crippen molar-refractivity contribution in [2.24, 2.45) is 5.41 Å². The first-order chi connectivity index (χ1) is 8.47. The van der Waals surface area contributed by atoms with E-state index in [9.17, 15) is 0 Å². The molecule has 0 aliphatic carbocycles. The Hall–Kier alpha value is -0.380. The van der Waals surface area contributed by atoms with Gasteiger partial charge < -0.3 is 14.2 Å². The molecule has 0 saturated carbocycles. The second-order valence-electron chi connectivity index (χ2n) is 6.34. The van der Waals surface area contributed by atoms with Crippen molar-refractivity contribution in [3.63, 3.8) is 0 Å². The largest absolute Gasteiger partial charge is 0.323 e. The van der Waals surface area contributed by atoms with Crippen molar-refractivity contribution in [1.29, 1.82) is 0 Å². The average Bonchev–Trinajstić information content (AvgIpc) is 2.61. The molecule has 1 spiro atoms. The summed E-state index contributed by atoms with van der Waals surface area (Å²) in [4.78, 5) is 0. The van der Waals surface area contributed by atoms with Crippen LogP contribution in [0.2, 0.25) is 0 Å². The molecule has 2 fully saturated rings. The van der Waals surface area contributed by atoms with Crippen LogP contribution in [0.1, 0.15) is 52.9 Å². The molecule has 1 atom stereocenters. The lowest BCUT2D eigenvalue weighted by atomic mass is 9.95. The van der Waals surface area contributed by atoms with Crippen molar-refractivity contribution in [2.75, 3.05) is 13.2 Å². The smallest absolute Gasteiger partial charge is 0.307 e. The fraction of sp³-hybridized carbons (Fsp3) is 0.867. The van der Waals surface area contributed by atoms with E-state index in [-0.39, 0.29) is 11.5 Å². The molecule has 0 radical (unpaired) electrons. The third-order valence-electron chi connectivity index (χ3n) is 3.66. The zero-order valence-electron chi connectivity index (χ0n) is 12.0. The van der Waals surface area contributed by atoms with Crippen LogP contribution >= 0.6 is 0 Å². The van der Waals surface area contributed by atoms with Crippen LogP contribution in [0.4, 0.5) is 0 Å². The van der Waals surface area contributed by atoms with Crippen molar-refractivity contribution in [3.8, 4) is 0 Å². The van der Waals surface area contributed by atoms with Gasteiger partial charge in [0.25, 0.3) is 0 Å². The Kier molecular flexibility index (Phi) is 4.15. The molecule has 3 heteroatoms. The third kappa shape index (κ3) is 2.95. The molecule has 3 nitrogen and oxygen atoms in total. The lowest BCUT2D eigenvalue weighted by molar-refractivity contribution is -0.390. The Labute approximate surface area is 110 Å². The van der Waals surface area contributed by atoms with Crippen LogP contribution in [-0.2, 0) is 14.2 Å². The number of ether oxygens (including phenoxy) is 3. The van der Waals surface area contributed by atoms with Gasteiger partial charge in [-0.2, -0.15) is 0 Å². The Morgan fingerprint density at radius 2 is 1.89 bits per heavy atom. The Morgan fingerprint density at radius 1 is 1.22 bits per heavy atom. The van der Waals surface area contributed by atoms with Crippen LogP contribution < -0.4 is 0 Å². The number of rotatable bonds is 4. The van der Waals surface area contributed by atoms with E-state index >= 15 is 0 Å². The van der Waals surface area contributed by atoms with E-state index in [0.717, 1.165) is 18.4 Å². The first-order valence-electron chi connectivity index (χ1n) is 7.11. The van der Waals surface area contributed by atoms with Gasteiger partial charge in [-0.15, -0.1) is 0 Å². The van der Waals surface area contributed by atoms with Crippen LogP contribution in [0.5, 0.6) is 0 Å². The van der Waals surface area contributed by atoms with Crippen LogP contribution in [0.3, 0.4) is 0 Å². The van der Waals surface area contributed by atoms with Gasteiger partial charge >= 0.3 is 5.97 Å². The minimum Gasteiger partial charge on any atom is -0.323 e. The summed E-state index contributed by atoms with van der Waals surface area (Å²) in [5.41, 5.74) is 1.01. The first-order valence-corrected chi connectivity index (χ1v) is 7.11. The molecule has 0 bridgehead atoms. The highest BCUT2D eigenvalue weighted by Crippen LogP contribution is 2.43. The predicted molar refractivity (Wildman–Crippen MR) is 71.2 cm³/mol. The fourth-order valence-corrected chi connectivity index (χ4v) is 2.46. The van der Waals surface area contributed by atoms with E-state index in [2.05, 4.69) is 27.4 Å². The lowest BCUT2D eigenvalue weighted by Gasteiger charge is -2.40. The Balaban J connectivity index is 1.89. The molecule has 0 aromatic rings. The first kappa shape index (κ1) is 14.0. The highest BCUT2D eigenvalue weighted by atomic mass is 16.9. The van der Waals surface area contributed by atoms with Gasteiger partial charge in [0.1, 0.15) is 0 Å². The summed E-state index contributed by atoms with van der Waals surface area (Å²) < 4.78 is 17.7. The van der Waals surface area contributed by atoms with Gasteiger partial charge in [0, 0.05) is 17.4 Å².